The van der Waals surface area contributed by atoms with E-state index >= 15 is 0 Å². The van der Waals surface area contributed by atoms with Crippen molar-refractivity contribution in [1.29, 1.82) is 0 Å². The Morgan fingerprint density at radius 3 is 3.10 bits per heavy atom. The first-order valence-corrected chi connectivity index (χ1v) is 7.69. The van der Waals surface area contributed by atoms with E-state index in [1.54, 1.807) is 0 Å². The lowest BCUT2D eigenvalue weighted by molar-refractivity contribution is 0.116. The van der Waals surface area contributed by atoms with E-state index in [-0.39, 0.29) is 0 Å². The third-order valence-corrected chi connectivity index (χ3v) is 4.81. The highest BCUT2D eigenvalue weighted by Gasteiger charge is 2.34. The number of aromatic nitrogens is 1. The molecule has 2 saturated heterocycles. The minimum atomic E-state index is 0.719. The van der Waals surface area contributed by atoms with Crippen molar-refractivity contribution in [2.45, 2.75) is 25.4 Å². The number of likely N-dealkylation sites (tertiary alicyclic amines) is 1. The van der Waals surface area contributed by atoms with Gasteiger partial charge in [-0.25, -0.2) is 0 Å². The van der Waals surface area contributed by atoms with Gasteiger partial charge in [0.25, 0.3) is 0 Å². The van der Waals surface area contributed by atoms with Crippen LogP contribution in [0.1, 0.15) is 18.5 Å². The first-order chi connectivity index (χ1) is 9.90. The number of para-hydroxylation sites is 1. The molecule has 3 nitrogen and oxygen atoms in total. The molecule has 20 heavy (non-hydrogen) atoms. The fourth-order valence-corrected chi connectivity index (χ4v) is 3.76. The normalized spacial score (nSPS) is 26.8. The highest BCUT2D eigenvalue weighted by Crippen LogP contribution is 2.27. The second-order valence-electron chi connectivity index (χ2n) is 6.09. The zero-order chi connectivity index (χ0) is 13.4. The SMILES string of the molecule is c1ccc2nc(CN3CCCC4CNCC43)ccc2c1. The predicted molar refractivity (Wildman–Crippen MR) is 81.5 cm³/mol. The molecular formula is C17H21N3. The second-order valence-corrected chi connectivity index (χ2v) is 6.09. The van der Waals surface area contributed by atoms with Gasteiger partial charge in [0, 0.05) is 24.5 Å². The lowest BCUT2D eigenvalue weighted by Crippen LogP contribution is -2.44. The first-order valence-electron chi connectivity index (χ1n) is 7.69. The minimum absolute atomic E-state index is 0.719. The van der Waals surface area contributed by atoms with E-state index < -0.39 is 0 Å². The Balaban J connectivity index is 1.57. The van der Waals surface area contributed by atoms with Crippen LogP contribution >= 0.6 is 0 Å². The van der Waals surface area contributed by atoms with Crippen LogP contribution in [0.2, 0.25) is 0 Å². The minimum Gasteiger partial charge on any atom is -0.315 e. The van der Waals surface area contributed by atoms with Gasteiger partial charge in [-0.05, 0) is 44.0 Å². The van der Waals surface area contributed by atoms with Gasteiger partial charge in [0.2, 0.25) is 0 Å². The smallest absolute Gasteiger partial charge is 0.0705 e. The molecule has 3 heteroatoms. The number of hydrogen-bond acceptors (Lipinski definition) is 3. The van der Waals surface area contributed by atoms with E-state index in [0.717, 1.165) is 30.6 Å². The van der Waals surface area contributed by atoms with Gasteiger partial charge in [-0.15, -0.1) is 0 Å². The second kappa shape index (κ2) is 5.15. The van der Waals surface area contributed by atoms with E-state index in [9.17, 15) is 0 Å². The molecular weight excluding hydrogens is 246 g/mol. The largest absolute Gasteiger partial charge is 0.315 e. The van der Waals surface area contributed by atoms with Crippen molar-refractivity contribution in [3.05, 3.63) is 42.1 Å². The molecule has 0 radical (unpaired) electrons. The first kappa shape index (κ1) is 12.3. The third-order valence-electron chi connectivity index (χ3n) is 4.81. The average Bonchev–Trinajstić information content (AvgIpc) is 2.97. The molecule has 0 bridgehead atoms. The summed E-state index contributed by atoms with van der Waals surface area (Å²) in [5.41, 5.74) is 2.32. The third kappa shape index (κ3) is 2.21. The summed E-state index contributed by atoms with van der Waals surface area (Å²) in [7, 11) is 0. The van der Waals surface area contributed by atoms with Crippen molar-refractivity contribution in [1.82, 2.24) is 15.2 Å². The molecule has 2 aliphatic rings. The molecule has 0 saturated carbocycles. The summed E-state index contributed by atoms with van der Waals surface area (Å²) >= 11 is 0. The van der Waals surface area contributed by atoms with E-state index in [1.807, 2.05) is 0 Å². The van der Waals surface area contributed by atoms with Crippen molar-refractivity contribution >= 4 is 10.9 Å². The van der Waals surface area contributed by atoms with Crippen molar-refractivity contribution in [2.75, 3.05) is 19.6 Å². The summed E-state index contributed by atoms with van der Waals surface area (Å²) in [4.78, 5) is 7.45. The Morgan fingerprint density at radius 1 is 1.15 bits per heavy atom. The summed E-state index contributed by atoms with van der Waals surface area (Å²) in [6, 6.07) is 13.5. The number of piperidine rings is 1. The molecule has 1 N–H and O–H groups in total. The number of hydrogen-bond donors (Lipinski definition) is 1. The average molecular weight is 267 g/mol. The molecule has 0 amide bonds. The summed E-state index contributed by atoms with van der Waals surface area (Å²) in [6.45, 7) is 4.57. The van der Waals surface area contributed by atoms with Gasteiger partial charge in [-0.3, -0.25) is 9.88 Å². The van der Waals surface area contributed by atoms with Crippen LogP contribution in [0.5, 0.6) is 0 Å². The molecule has 0 aliphatic carbocycles. The van der Waals surface area contributed by atoms with Crippen LogP contribution in [0.3, 0.4) is 0 Å². The number of fused-ring (bicyclic) bond motifs is 2. The summed E-state index contributed by atoms with van der Waals surface area (Å²) in [6.07, 6.45) is 2.72. The predicted octanol–water partition coefficient (Wildman–Crippen LogP) is 2.42. The Labute approximate surface area is 120 Å². The van der Waals surface area contributed by atoms with Gasteiger partial charge in [-0.1, -0.05) is 24.3 Å². The molecule has 2 aromatic rings. The van der Waals surface area contributed by atoms with Gasteiger partial charge in [-0.2, -0.15) is 0 Å². The van der Waals surface area contributed by atoms with Gasteiger partial charge in [0.1, 0.15) is 0 Å². The lowest BCUT2D eigenvalue weighted by Gasteiger charge is -2.36. The Morgan fingerprint density at radius 2 is 2.10 bits per heavy atom. The summed E-state index contributed by atoms with van der Waals surface area (Å²) in [5, 5.41) is 4.78. The molecule has 4 rings (SSSR count). The molecule has 1 aromatic carbocycles. The molecule has 3 heterocycles. The number of nitrogens with one attached hydrogen (secondary N) is 1. The van der Waals surface area contributed by atoms with E-state index in [2.05, 4.69) is 46.6 Å². The topological polar surface area (TPSA) is 28.2 Å². The van der Waals surface area contributed by atoms with Gasteiger partial charge >= 0.3 is 0 Å². The standard InChI is InChI=1S/C17H21N3/c1-2-6-16-13(4-1)7-8-15(19-16)12-20-9-3-5-14-10-18-11-17(14)20/h1-2,4,6-8,14,17-18H,3,5,9-12H2. The Bertz CT molecular complexity index is 610. The van der Waals surface area contributed by atoms with Crippen molar-refractivity contribution in [3.63, 3.8) is 0 Å². The molecule has 2 atom stereocenters. The number of benzene rings is 1. The van der Waals surface area contributed by atoms with Gasteiger partial charge in [0.15, 0.2) is 0 Å². The number of rotatable bonds is 2. The Hall–Kier alpha value is -1.45. The van der Waals surface area contributed by atoms with Crippen LogP contribution in [0, 0.1) is 5.92 Å². The molecule has 104 valence electrons. The Kier molecular flexibility index (Phi) is 3.17. The lowest BCUT2D eigenvalue weighted by atomic mass is 9.92. The molecule has 2 aliphatic heterocycles. The molecule has 1 aromatic heterocycles. The van der Waals surface area contributed by atoms with E-state index in [4.69, 9.17) is 4.98 Å². The zero-order valence-corrected chi connectivity index (χ0v) is 11.8. The van der Waals surface area contributed by atoms with Crippen LogP contribution in [0.25, 0.3) is 10.9 Å². The maximum atomic E-state index is 4.82. The van der Waals surface area contributed by atoms with E-state index in [0.29, 0.717) is 0 Å². The van der Waals surface area contributed by atoms with Crippen molar-refractivity contribution < 1.29 is 0 Å². The summed E-state index contributed by atoms with van der Waals surface area (Å²) < 4.78 is 0. The highest BCUT2D eigenvalue weighted by molar-refractivity contribution is 5.78. The van der Waals surface area contributed by atoms with Crippen LogP contribution in [-0.4, -0.2) is 35.6 Å². The monoisotopic (exact) mass is 267 g/mol. The van der Waals surface area contributed by atoms with Crippen LogP contribution in [0.15, 0.2) is 36.4 Å². The fraction of sp³-hybridized carbons (Fsp3) is 0.471. The highest BCUT2D eigenvalue weighted by atomic mass is 15.2. The number of nitrogens with zero attached hydrogens (tertiary/aromatic N) is 2. The van der Waals surface area contributed by atoms with Crippen molar-refractivity contribution in [2.24, 2.45) is 5.92 Å². The molecule has 2 fully saturated rings. The number of pyridine rings is 1. The fourth-order valence-electron chi connectivity index (χ4n) is 3.76. The van der Waals surface area contributed by atoms with Crippen LogP contribution in [-0.2, 0) is 6.54 Å². The molecule has 0 spiro atoms. The maximum absolute atomic E-state index is 4.82. The van der Waals surface area contributed by atoms with Crippen LogP contribution in [0.4, 0.5) is 0 Å². The zero-order valence-electron chi connectivity index (χ0n) is 11.8. The van der Waals surface area contributed by atoms with Crippen molar-refractivity contribution in [3.8, 4) is 0 Å². The quantitative estimate of drug-likeness (QED) is 0.905. The maximum Gasteiger partial charge on any atom is 0.0705 e. The molecule has 2 unspecified atom stereocenters. The van der Waals surface area contributed by atoms with Gasteiger partial charge in [0.05, 0.1) is 11.2 Å². The summed E-state index contributed by atoms with van der Waals surface area (Å²) in [5.74, 6) is 0.851. The van der Waals surface area contributed by atoms with Gasteiger partial charge < -0.3 is 5.32 Å². The van der Waals surface area contributed by atoms with E-state index in [1.165, 1.54) is 37.0 Å². The van der Waals surface area contributed by atoms with Crippen LogP contribution < -0.4 is 5.32 Å².